The Kier molecular flexibility index (Phi) is 4.63. The maximum Gasteiger partial charge on any atom is 0.336 e. The van der Waals surface area contributed by atoms with Crippen molar-refractivity contribution in [1.29, 1.82) is 0 Å². The average Bonchev–Trinajstić information content (AvgIpc) is 2.64. The van der Waals surface area contributed by atoms with Gasteiger partial charge in [-0.15, -0.1) is 0 Å². The van der Waals surface area contributed by atoms with Crippen LogP contribution in [0.15, 0.2) is 51.7 Å². The molecule has 4 heteroatoms. The Morgan fingerprint density at radius 1 is 1.30 bits per heavy atom. The number of fused-ring (bicyclic) bond motifs is 2. The molecule has 1 N–H and O–H groups in total. The second-order valence-electron chi connectivity index (χ2n) is 8.59. The Labute approximate surface area is 159 Å². The SMILES string of the molecule is C=C1CC[C@@H]2[C@@H](C)[C@H](O)CC[C@]2(C)[C@H]1COc1ccc2ccc(=O)oc2c1. The van der Waals surface area contributed by atoms with Crippen molar-refractivity contribution in [3.05, 3.63) is 52.9 Å². The fraction of sp³-hybridized carbons (Fsp3) is 0.522. The first-order valence-electron chi connectivity index (χ1n) is 9.91. The highest BCUT2D eigenvalue weighted by Crippen LogP contribution is 2.56. The fourth-order valence-corrected chi connectivity index (χ4v) is 5.40. The van der Waals surface area contributed by atoms with E-state index in [9.17, 15) is 9.90 Å². The van der Waals surface area contributed by atoms with E-state index in [-0.39, 0.29) is 23.1 Å². The summed E-state index contributed by atoms with van der Waals surface area (Å²) < 4.78 is 11.4. The van der Waals surface area contributed by atoms with Crippen LogP contribution in [0.5, 0.6) is 5.75 Å². The maximum absolute atomic E-state index is 11.5. The third kappa shape index (κ3) is 3.20. The smallest absolute Gasteiger partial charge is 0.336 e. The lowest BCUT2D eigenvalue weighted by atomic mass is 9.51. The van der Waals surface area contributed by atoms with Gasteiger partial charge in [-0.05, 0) is 61.1 Å². The average molecular weight is 368 g/mol. The van der Waals surface area contributed by atoms with Crippen molar-refractivity contribution in [1.82, 2.24) is 0 Å². The van der Waals surface area contributed by atoms with E-state index in [4.69, 9.17) is 9.15 Å². The van der Waals surface area contributed by atoms with E-state index >= 15 is 0 Å². The summed E-state index contributed by atoms with van der Waals surface area (Å²) in [4.78, 5) is 11.5. The fourth-order valence-electron chi connectivity index (χ4n) is 5.40. The second-order valence-corrected chi connectivity index (χ2v) is 8.59. The molecule has 0 radical (unpaired) electrons. The van der Waals surface area contributed by atoms with Gasteiger partial charge in [-0.2, -0.15) is 0 Å². The lowest BCUT2D eigenvalue weighted by Crippen LogP contribution is -2.51. The standard InChI is InChI=1S/C23H28O4/c1-14-4-8-18-15(2)20(24)10-11-23(18,3)19(14)13-26-17-7-5-16-6-9-22(25)27-21(16)12-17/h5-7,9,12,15,18-20,24H,1,4,8,10-11,13H2,2-3H3/t15-,18-,19+,20-,23+/m1/s1. The summed E-state index contributed by atoms with van der Waals surface area (Å²) in [5.41, 5.74) is 1.55. The van der Waals surface area contributed by atoms with Gasteiger partial charge >= 0.3 is 5.63 Å². The van der Waals surface area contributed by atoms with Crippen LogP contribution in [0, 0.1) is 23.2 Å². The number of hydrogen-bond donors (Lipinski definition) is 1. The first-order valence-corrected chi connectivity index (χ1v) is 9.91. The summed E-state index contributed by atoms with van der Waals surface area (Å²) >= 11 is 0. The summed E-state index contributed by atoms with van der Waals surface area (Å²) in [7, 11) is 0. The van der Waals surface area contributed by atoms with Crippen molar-refractivity contribution in [2.24, 2.45) is 23.2 Å². The van der Waals surface area contributed by atoms with E-state index in [1.165, 1.54) is 11.6 Å². The Morgan fingerprint density at radius 2 is 2.07 bits per heavy atom. The van der Waals surface area contributed by atoms with Gasteiger partial charge in [0.2, 0.25) is 0 Å². The van der Waals surface area contributed by atoms with Crippen LogP contribution in [0.1, 0.15) is 39.5 Å². The molecule has 2 fully saturated rings. The van der Waals surface area contributed by atoms with Gasteiger partial charge in [0.05, 0.1) is 12.7 Å². The first-order chi connectivity index (χ1) is 12.9. The molecule has 0 unspecified atom stereocenters. The molecule has 0 spiro atoms. The van der Waals surface area contributed by atoms with Crippen molar-refractivity contribution in [2.45, 2.75) is 45.6 Å². The molecule has 0 bridgehead atoms. The van der Waals surface area contributed by atoms with Crippen LogP contribution in [0.25, 0.3) is 11.0 Å². The zero-order chi connectivity index (χ0) is 19.2. The van der Waals surface area contributed by atoms with Crippen LogP contribution in [-0.2, 0) is 0 Å². The van der Waals surface area contributed by atoms with Gasteiger partial charge in [-0.3, -0.25) is 0 Å². The zero-order valence-corrected chi connectivity index (χ0v) is 16.1. The van der Waals surface area contributed by atoms with E-state index in [0.29, 0.717) is 29.8 Å². The molecule has 0 saturated heterocycles. The molecule has 0 aliphatic heterocycles. The Balaban J connectivity index is 1.56. The number of benzene rings is 1. The van der Waals surface area contributed by atoms with Crippen molar-refractivity contribution in [3.8, 4) is 5.75 Å². The predicted octanol–water partition coefficient (Wildman–Crippen LogP) is 4.55. The Morgan fingerprint density at radius 3 is 2.89 bits per heavy atom. The summed E-state index contributed by atoms with van der Waals surface area (Å²) in [5, 5.41) is 11.2. The molecule has 2 aliphatic rings. The van der Waals surface area contributed by atoms with Crippen molar-refractivity contribution >= 4 is 11.0 Å². The van der Waals surface area contributed by atoms with Crippen molar-refractivity contribution < 1.29 is 14.3 Å². The summed E-state index contributed by atoms with van der Waals surface area (Å²) in [6.45, 7) is 9.44. The number of aliphatic hydroxyl groups is 1. The predicted molar refractivity (Wildman–Crippen MR) is 106 cm³/mol. The molecule has 1 heterocycles. The molecule has 0 amide bonds. The van der Waals surface area contributed by atoms with Crippen molar-refractivity contribution in [2.75, 3.05) is 6.61 Å². The van der Waals surface area contributed by atoms with Crippen LogP contribution in [0.3, 0.4) is 0 Å². The monoisotopic (exact) mass is 368 g/mol. The molecular weight excluding hydrogens is 340 g/mol. The summed E-state index contributed by atoms with van der Waals surface area (Å²) in [6.07, 6.45) is 3.75. The highest BCUT2D eigenvalue weighted by atomic mass is 16.5. The van der Waals surface area contributed by atoms with E-state index in [2.05, 4.69) is 20.4 Å². The third-order valence-electron chi connectivity index (χ3n) is 7.14. The quantitative estimate of drug-likeness (QED) is 0.638. The number of aliphatic hydroxyl groups excluding tert-OH is 1. The molecule has 2 saturated carbocycles. The minimum atomic E-state index is -0.356. The van der Waals surface area contributed by atoms with Crippen LogP contribution >= 0.6 is 0 Å². The minimum Gasteiger partial charge on any atom is -0.493 e. The third-order valence-corrected chi connectivity index (χ3v) is 7.14. The lowest BCUT2D eigenvalue weighted by molar-refractivity contribution is -0.0779. The van der Waals surface area contributed by atoms with Gasteiger partial charge in [0.1, 0.15) is 11.3 Å². The summed E-state index contributed by atoms with van der Waals surface area (Å²) in [6, 6.07) is 8.80. The Bertz CT molecular complexity index is 914. The number of rotatable bonds is 3. The van der Waals surface area contributed by atoms with Gasteiger partial charge in [0.25, 0.3) is 0 Å². The van der Waals surface area contributed by atoms with Crippen LogP contribution in [0.2, 0.25) is 0 Å². The van der Waals surface area contributed by atoms with Crippen molar-refractivity contribution in [3.63, 3.8) is 0 Å². The normalized spacial score (nSPS) is 33.7. The zero-order valence-electron chi connectivity index (χ0n) is 16.1. The maximum atomic E-state index is 11.5. The lowest BCUT2D eigenvalue weighted by Gasteiger charge is -2.55. The topological polar surface area (TPSA) is 59.7 Å². The summed E-state index contributed by atoms with van der Waals surface area (Å²) in [5.74, 6) is 1.79. The van der Waals surface area contributed by atoms with Gasteiger partial charge < -0.3 is 14.3 Å². The molecule has 5 atom stereocenters. The second kappa shape index (κ2) is 6.83. The number of hydrogen-bond acceptors (Lipinski definition) is 4. The van der Waals surface area contributed by atoms with E-state index in [1.54, 1.807) is 12.1 Å². The molecule has 27 heavy (non-hydrogen) atoms. The molecule has 4 rings (SSSR count). The van der Waals surface area contributed by atoms with Gasteiger partial charge in [-0.25, -0.2) is 4.79 Å². The van der Waals surface area contributed by atoms with Gasteiger partial charge in [-0.1, -0.05) is 26.0 Å². The van der Waals surface area contributed by atoms with E-state index in [0.717, 1.165) is 31.1 Å². The highest BCUT2D eigenvalue weighted by Gasteiger charge is 2.51. The Hall–Kier alpha value is -2.07. The first kappa shape index (κ1) is 18.3. The van der Waals surface area contributed by atoms with Gasteiger partial charge in [0, 0.05) is 23.4 Å². The molecule has 1 aromatic heterocycles. The highest BCUT2D eigenvalue weighted by molar-refractivity contribution is 5.77. The van der Waals surface area contributed by atoms with Crippen LogP contribution < -0.4 is 10.4 Å². The van der Waals surface area contributed by atoms with E-state index < -0.39 is 0 Å². The largest absolute Gasteiger partial charge is 0.493 e. The molecule has 2 aliphatic carbocycles. The molecule has 1 aromatic carbocycles. The molecule has 2 aromatic rings. The van der Waals surface area contributed by atoms with Crippen LogP contribution in [0.4, 0.5) is 0 Å². The number of ether oxygens (including phenoxy) is 1. The molecular formula is C23H28O4. The van der Waals surface area contributed by atoms with Crippen LogP contribution in [-0.4, -0.2) is 17.8 Å². The van der Waals surface area contributed by atoms with E-state index in [1.807, 2.05) is 12.1 Å². The molecule has 144 valence electrons. The van der Waals surface area contributed by atoms with Gasteiger partial charge in [0.15, 0.2) is 0 Å². The molecule has 4 nitrogen and oxygen atoms in total. The minimum absolute atomic E-state index is 0.109.